The molecule has 198 valence electrons. The van der Waals surface area contributed by atoms with Gasteiger partial charge >= 0.3 is 58.4 Å². The van der Waals surface area contributed by atoms with E-state index in [4.69, 9.17) is 0 Å². The predicted molar refractivity (Wildman–Crippen MR) is 122 cm³/mol. The molecule has 0 atom stereocenters. The molecule has 0 spiro atoms. The molecule has 0 nitrogen and oxygen atoms in total. The topological polar surface area (TPSA) is 0 Å². The standard InChI is InChI=1S/6C4H9.3ClH.3Rh/c6*1-3-4-2;;;;;;/h6*1,3-4H2,2H3;3*1H;;;/q6*-1;;;;3*+3/p-3. The third-order valence-corrected chi connectivity index (χ3v) is 2.12. The summed E-state index contributed by atoms with van der Waals surface area (Å²) in [7, 11) is 0. The largest absolute Gasteiger partial charge is 3.00 e. The summed E-state index contributed by atoms with van der Waals surface area (Å²) >= 11 is 0. The van der Waals surface area contributed by atoms with Crippen LogP contribution in [0.15, 0.2) is 0 Å². The minimum Gasteiger partial charge on any atom is -1.00 e. The molecule has 0 N–H and O–H groups in total. The maximum atomic E-state index is 3.60. The summed E-state index contributed by atoms with van der Waals surface area (Å²) in [5, 5.41) is 0. The van der Waals surface area contributed by atoms with Gasteiger partial charge in [-0.3, -0.25) is 0 Å². The molecule has 0 aromatic carbocycles. The number of unbranched alkanes of at least 4 members (excludes halogenated alkanes) is 6. The van der Waals surface area contributed by atoms with E-state index in [-0.39, 0.29) is 95.7 Å². The molecule has 0 amide bonds. The SMILES string of the molecule is [CH2-]CCC.[CH2-]CCC.[CH2-]CCC.[CH2-]CCC.[CH2-]CCC.[CH2-]CCC.[Cl-].[Cl-].[Cl-].[Rh+3].[Rh+3].[Rh+3]. The quantitative estimate of drug-likeness (QED) is 0.277. The van der Waals surface area contributed by atoms with Gasteiger partial charge in [0.2, 0.25) is 0 Å². The Morgan fingerprint density at radius 2 is 0.333 bits per heavy atom. The van der Waals surface area contributed by atoms with Crippen molar-refractivity contribution in [1.29, 1.82) is 0 Å². The van der Waals surface area contributed by atoms with Gasteiger partial charge in [-0.1, -0.05) is 80.1 Å². The maximum Gasteiger partial charge on any atom is 3.00 e. The van der Waals surface area contributed by atoms with Gasteiger partial charge in [-0.05, 0) is 0 Å². The van der Waals surface area contributed by atoms with Crippen molar-refractivity contribution in [1.82, 2.24) is 0 Å². The molecular weight excluding hydrogens is 703 g/mol. The van der Waals surface area contributed by atoms with Gasteiger partial charge < -0.3 is 78.8 Å². The Morgan fingerprint density at radius 3 is 0.333 bits per heavy atom. The van der Waals surface area contributed by atoms with Gasteiger partial charge in [0.1, 0.15) is 0 Å². The average Bonchev–Trinajstić information content (AvgIpc) is 2.68. The van der Waals surface area contributed by atoms with Crippen LogP contribution in [0.1, 0.15) is 119 Å². The Morgan fingerprint density at radius 1 is 0.300 bits per heavy atom. The van der Waals surface area contributed by atoms with Crippen molar-refractivity contribution in [3.8, 4) is 0 Å². The number of rotatable bonds is 6. The molecule has 0 aliphatic carbocycles. The first kappa shape index (κ1) is 76.7. The Hall–Kier alpha value is 2.74. The average molecular weight is 758 g/mol. The Labute approximate surface area is 253 Å². The number of hydrogen-bond acceptors (Lipinski definition) is 0. The molecule has 0 aromatic rings. The second-order valence-electron chi connectivity index (χ2n) is 5.12. The van der Waals surface area contributed by atoms with E-state index in [9.17, 15) is 0 Å². The van der Waals surface area contributed by atoms with Crippen LogP contribution in [0.3, 0.4) is 0 Å². The van der Waals surface area contributed by atoms with Crippen molar-refractivity contribution in [3.05, 3.63) is 41.5 Å². The molecule has 0 aliphatic heterocycles. The van der Waals surface area contributed by atoms with Crippen LogP contribution < -0.4 is 37.2 Å². The molecule has 0 aromatic heterocycles. The van der Waals surface area contributed by atoms with E-state index in [0.29, 0.717) is 0 Å². The fourth-order valence-electron chi connectivity index (χ4n) is 0. The number of halogens is 3. The van der Waals surface area contributed by atoms with Gasteiger partial charge in [-0.15, -0.1) is 0 Å². The molecule has 0 rings (SSSR count). The zero-order chi connectivity index (χ0) is 20.5. The van der Waals surface area contributed by atoms with Gasteiger partial charge in [0.15, 0.2) is 0 Å². The van der Waals surface area contributed by atoms with Gasteiger partial charge in [-0.2, -0.15) is 38.5 Å². The van der Waals surface area contributed by atoms with Crippen molar-refractivity contribution < 1.29 is 95.7 Å². The molecule has 30 heavy (non-hydrogen) atoms. The summed E-state index contributed by atoms with van der Waals surface area (Å²) in [5.41, 5.74) is 0. The van der Waals surface area contributed by atoms with Gasteiger partial charge in [0.25, 0.3) is 0 Å². The van der Waals surface area contributed by atoms with Crippen LogP contribution in [-0.4, -0.2) is 0 Å². The third kappa shape index (κ3) is 356. The summed E-state index contributed by atoms with van der Waals surface area (Å²) in [4.78, 5) is 0. The van der Waals surface area contributed by atoms with E-state index in [1.807, 2.05) is 0 Å². The van der Waals surface area contributed by atoms with Crippen molar-refractivity contribution in [2.75, 3.05) is 0 Å². The molecule has 0 bridgehead atoms. The van der Waals surface area contributed by atoms with E-state index >= 15 is 0 Å². The Bertz CT molecular complexity index is 70.7. The van der Waals surface area contributed by atoms with E-state index in [0.717, 1.165) is 38.5 Å². The number of hydrogen-bond donors (Lipinski definition) is 0. The zero-order valence-corrected chi connectivity index (χ0v) is 28.0. The first-order chi connectivity index (χ1) is 11.5. The first-order valence-electron chi connectivity index (χ1n) is 10.2. The normalized spacial score (nSPS) is 6.00. The molecule has 0 unspecified atom stereocenters. The van der Waals surface area contributed by atoms with Crippen LogP contribution in [0, 0.1) is 41.5 Å². The summed E-state index contributed by atoms with van der Waals surface area (Å²) in [5.74, 6) is 0. The predicted octanol–water partition coefficient (Wildman–Crippen LogP) is 0.728. The Balaban J connectivity index is -0.0000000125. The molecule has 0 saturated carbocycles. The van der Waals surface area contributed by atoms with E-state index in [1.54, 1.807) is 0 Å². The molecule has 0 saturated heterocycles. The summed E-state index contributed by atoms with van der Waals surface area (Å²) in [6.45, 7) is 34.3. The van der Waals surface area contributed by atoms with Crippen molar-refractivity contribution in [2.24, 2.45) is 0 Å². The minimum absolute atomic E-state index is 0. The molecule has 0 heterocycles. The van der Waals surface area contributed by atoms with Gasteiger partial charge in [-0.25, -0.2) is 0 Å². The molecule has 0 radical (unpaired) electrons. The smallest absolute Gasteiger partial charge is 1.00 e. The minimum atomic E-state index is 0. The summed E-state index contributed by atoms with van der Waals surface area (Å²) < 4.78 is 0. The molecular formula is C24H54Cl3Rh3. The van der Waals surface area contributed by atoms with Gasteiger partial charge in [0, 0.05) is 0 Å². The second kappa shape index (κ2) is 138. The maximum absolute atomic E-state index is 3.60. The fraction of sp³-hybridized carbons (Fsp3) is 0.750. The van der Waals surface area contributed by atoms with Crippen molar-refractivity contribution in [2.45, 2.75) is 119 Å². The molecule has 0 aliphatic rings. The fourth-order valence-corrected chi connectivity index (χ4v) is 0. The monoisotopic (exact) mass is 756 g/mol. The summed E-state index contributed by atoms with van der Waals surface area (Å²) in [6, 6.07) is 0. The van der Waals surface area contributed by atoms with Crippen LogP contribution in [0.2, 0.25) is 0 Å². The van der Waals surface area contributed by atoms with Crippen LogP contribution in [0.4, 0.5) is 0 Å². The third-order valence-electron chi connectivity index (χ3n) is 2.12. The Kier molecular flexibility index (Phi) is 353. The molecule has 0 fully saturated rings. The van der Waals surface area contributed by atoms with Gasteiger partial charge in [0.05, 0.1) is 0 Å². The summed E-state index contributed by atoms with van der Waals surface area (Å²) in [6.07, 6.45) is 13.7. The van der Waals surface area contributed by atoms with E-state index in [1.165, 1.54) is 38.5 Å². The van der Waals surface area contributed by atoms with Crippen LogP contribution in [-0.2, 0) is 58.4 Å². The van der Waals surface area contributed by atoms with Crippen molar-refractivity contribution in [3.63, 3.8) is 0 Å². The van der Waals surface area contributed by atoms with E-state index < -0.39 is 0 Å². The van der Waals surface area contributed by atoms with Crippen LogP contribution in [0.25, 0.3) is 0 Å². The first-order valence-corrected chi connectivity index (χ1v) is 10.2. The molecule has 6 heteroatoms. The zero-order valence-electron chi connectivity index (χ0n) is 20.9. The van der Waals surface area contributed by atoms with Crippen LogP contribution in [0.5, 0.6) is 0 Å². The second-order valence-corrected chi connectivity index (χ2v) is 5.12. The van der Waals surface area contributed by atoms with Crippen LogP contribution >= 0.6 is 0 Å². The van der Waals surface area contributed by atoms with E-state index in [2.05, 4.69) is 83.1 Å². The van der Waals surface area contributed by atoms with Crippen molar-refractivity contribution >= 4 is 0 Å².